The maximum Gasteiger partial charge on any atom is 0.0839 e. The minimum atomic E-state index is 0.592. The van der Waals surface area contributed by atoms with E-state index in [1.54, 1.807) is 12.4 Å². The Hall–Kier alpha value is -1.22. The molecule has 1 heterocycles. The first-order chi connectivity index (χ1) is 6.86. The van der Waals surface area contributed by atoms with E-state index in [0.29, 0.717) is 12.9 Å². The third-order valence-electron chi connectivity index (χ3n) is 2.06. The molecule has 0 aromatic carbocycles. The number of nitrogens with zero attached hydrogens (tertiary/aromatic N) is 2. The van der Waals surface area contributed by atoms with Crippen molar-refractivity contribution in [1.29, 1.82) is 0 Å². The summed E-state index contributed by atoms with van der Waals surface area (Å²) in [6, 6.07) is 3.95. The summed E-state index contributed by atoms with van der Waals surface area (Å²) < 4.78 is 11.8. The van der Waals surface area contributed by atoms with Crippen LogP contribution in [0.3, 0.4) is 0 Å². The van der Waals surface area contributed by atoms with Gasteiger partial charge in [0.1, 0.15) is 0 Å². The summed E-state index contributed by atoms with van der Waals surface area (Å²) in [5, 5.41) is 0. The number of hydrogen-bond donors (Lipinski definition) is 0. The van der Waals surface area contributed by atoms with Crippen molar-refractivity contribution in [2.75, 3.05) is 13.1 Å². The molecule has 3 heteroatoms. The number of rotatable bonds is 5. The lowest BCUT2D eigenvalue weighted by Gasteiger charge is -2.17. The average molecular weight is 194 g/mol. The monoisotopic (exact) mass is 194 g/mol. The summed E-state index contributed by atoms with van der Waals surface area (Å²) >= 11 is 0. The van der Waals surface area contributed by atoms with Gasteiger partial charge in [-0.15, -0.1) is 0 Å². The summed E-state index contributed by atoms with van der Waals surface area (Å²) in [7, 11) is 0. The van der Waals surface area contributed by atoms with Gasteiger partial charge in [0.2, 0.25) is 0 Å². The van der Waals surface area contributed by atoms with Crippen molar-refractivity contribution in [2.45, 2.75) is 13.5 Å². The van der Waals surface area contributed by atoms with Crippen molar-refractivity contribution in [2.24, 2.45) is 0 Å². The van der Waals surface area contributed by atoms with Crippen LogP contribution in [-0.2, 0) is 6.54 Å². The number of likely N-dealkylation sites (N-methyl/N-ethyl adjacent to an activating group) is 1. The fourth-order valence-electron chi connectivity index (χ4n) is 1.24. The number of aromatic nitrogens is 1. The third-order valence-corrected chi connectivity index (χ3v) is 2.06. The van der Waals surface area contributed by atoms with Gasteiger partial charge in [-0.2, -0.15) is 0 Å². The summed E-state index contributed by atoms with van der Waals surface area (Å²) in [6.45, 7) is 4.46. The second-order valence-electron chi connectivity index (χ2n) is 3.04. The van der Waals surface area contributed by atoms with Crippen LogP contribution < -0.4 is 0 Å². The molecule has 0 aliphatic heterocycles. The predicted molar refractivity (Wildman–Crippen MR) is 55.4 cm³/mol. The lowest BCUT2D eigenvalue weighted by atomic mass is 10.2. The maximum atomic E-state index is 11.8. The third kappa shape index (κ3) is 3.66. The highest BCUT2D eigenvalue weighted by atomic mass is 19.1. The van der Waals surface area contributed by atoms with E-state index in [-0.39, 0.29) is 0 Å². The number of hydrogen-bond acceptors (Lipinski definition) is 2. The minimum Gasteiger partial charge on any atom is -0.296 e. The van der Waals surface area contributed by atoms with Crippen LogP contribution in [0.15, 0.2) is 36.9 Å². The Balaban J connectivity index is 2.48. The van der Waals surface area contributed by atoms with Gasteiger partial charge in [0, 0.05) is 25.5 Å². The summed E-state index contributed by atoms with van der Waals surface area (Å²) in [5.41, 5.74) is 1.20. The van der Waals surface area contributed by atoms with E-state index in [4.69, 9.17) is 0 Å². The Labute approximate surface area is 84.1 Å². The van der Waals surface area contributed by atoms with E-state index in [2.05, 4.69) is 16.8 Å². The van der Waals surface area contributed by atoms with Crippen molar-refractivity contribution >= 4 is 0 Å². The van der Waals surface area contributed by atoms with Crippen LogP contribution in [0, 0.1) is 0 Å². The average Bonchev–Trinajstić information content (AvgIpc) is 2.25. The Kier molecular flexibility index (Phi) is 4.86. The molecule has 0 unspecified atom stereocenters. The molecular weight excluding hydrogens is 179 g/mol. The van der Waals surface area contributed by atoms with Gasteiger partial charge in [0.15, 0.2) is 0 Å². The van der Waals surface area contributed by atoms with Crippen LogP contribution in [0.25, 0.3) is 0 Å². The topological polar surface area (TPSA) is 16.1 Å². The SMILES string of the molecule is CCN(C/C=C/F)Cc1ccncc1. The molecule has 0 saturated carbocycles. The Morgan fingerprint density at radius 3 is 2.71 bits per heavy atom. The first-order valence-corrected chi connectivity index (χ1v) is 4.73. The molecule has 1 aromatic rings. The van der Waals surface area contributed by atoms with Crippen LogP contribution in [-0.4, -0.2) is 23.0 Å². The highest BCUT2D eigenvalue weighted by Gasteiger charge is 2.00. The Morgan fingerprint density at radius 2 is 2.14 bits per heavy atom. The van der Waals surface area contributed by atoms with Crippen LogP contribution in [0.1, 0.15) is 12.5 Å². The second-order valence-corrected chi connectivity index (χ2v) is 3.04. The molecule has 0 bridgehead atoms. The van der Waals surface area contributed by atoms with Gasteiger partial charge in [-0.05, 0) is 30.3 Å². The van der Waals surface area contributed by atoms with E-state index in [0.717, 1.165) is 13.1 Å². The van der Waals surface area contributed by atoms with Gasteiger partial charge in [-0.3, -0.25) is 9.88 Å². The molecule has 0 fully saturated rings. The smallest absolute Gasteiger partial charge is 0.0839 e. The van der Waals surface area contributed by atoms with Crippen LogP contribution in [0.5, 0.6) is 0 Å². The van der Waals surface area contributed by atoms with Crippen molar-refractivity contribution in [3.8, 4) is 0 Å². The van der Waals surface area contributed by atoms with E-state index in [9.17, 15) is 4.39 Å². The van der Waals surface area contributed by atoms with Crippen molar-refractivity contribution in [1.82, 2.24) is 9.88 Å². The zero-order valence-electron chi connectivity index (χ0n) is 8.36. The normalized spacial score (nSPS) is 11.4. The van der Waals surface area contributed by atoms with E-state index in [1.165, 1.54) is 11.6 Å². The Bertz CT molecular complexity index is 272. The highest BCUT2D eigenvalue weighted by Crippen LogP contribution is 2.02. The van der Waals surface area contributed by atoms with Crippen molar-refractivity contribution in [3.63, 3.8) is 0 Å². The summed E-state index contributed by atoms with van der Waals surface area (Å²) in [6.07, 6.45) is 5.65. The maximum absolute atomic E-state index is 11.8. The van der Waals surface area contributed by atoms with Gasteiger partial charge < -0.3 is 0 Å². The first kappa shape index (κ1) is 10.9. The molecule has 0 radical (unpaired) electrons. The largest absolute Gasteiger partial charge is 0.296 e. The van der Waals surface area contributed by atoms with E-state index >= 15 is 0 Å². The van der Waals surface area contributed by atoms with Crippen molar-refractivity contribution < 1.29 is 4.39 Å². The van der Waals surface area contributed by atoms with Gasteiger partial charge >= 0.3 is 0 Å². The minimum absolute atomic E-state index is 0.592. The predicted octanol–water partition coefficient (Wildman–Crippen LogP) is 2.39. The van der Waals surface area contributed by atoms with Crippen molar-refractivity contribution in [3.05, 3.63) is 42.5 Å². The zero-order valence-corrected chi connectivity index (χ0v) is 8.36. The molecule has 0 spiro atoms. The highest BCUT2D eigenvalue weighted by molar-refractivity contribution is 5.09. The molecule has 0 aliphatic rings. The van der Waals surface area contributed by atoms with Gasteiger partial charge in [-0.1, -0.05) is 6.92 Å². The fourth-order valence-corrected chi connectivity index (χ4v) is 1.24. The first-order valence-electron chi connectivity index (χ1n) is 4.73. The van der Waals surface area contributed by atoms with E-state index < -0.39 is 0 Å². The fraction of sp³-hybridized carbons (Fsp3) is 0.364. The van der Waals surface area contributed by atoms with Gasteiger partial charge in [0.05, 0.1) is 6.33 Å². The summed E-state index contributed by atoms with van der Waals surface area (Å²) in [5.74, 6) is 0. The zero-order chi connectivity index (χ0) is 10.2. The molecule has 0 amide bonds. The van der Waals surface area contributed by atoms with Crippen LogP contribution in [0.4, 0.5) is 4.39 Å². The number of halogens is 1. The standard InChI is InChI=1S/C11H15FN2/c1-2-14(9-3-6-12)10-11-4-7-13-8-5-11/h3-8H,2,9-10H2,1H3/b6-3+. The molecule has 1 aromatic heterocycles. The molecule has 0 N–H and O–H groups in total. The van der Waals surface area contributed by atoms with Gasteiger partial charge in [0.25, 0.3) is 0 Å². The molecule has 14 heavy (non-hydrogen) atoms. The van der Waals surface area contributed by atoms with Crippen LogP contribution >= 0.6 is 0 Å². The quantitative estimate of drug-likeness (QED) is 0.715. The van der Waals surface area contributed by atoms with Gasteiger partial charge in [-0.25, -0.2) is 4.39 Å². The second kappa shape index (κ2) is 6.27. The molecule has 76 valence electrons. The van der Waals surface area contributed by atoms with E-state index in [1.807, 2.05) is 12.1 Å². The van der Waals surface area contributed by atoms with Crippen LogP contribution in [0.2, 0.25) is 0 Å². The molecule has 0 saturated heterocycles. The summed E-state index contributed by atoms with van der Waals surface area (Å²) in [4.78, 5) is 6.09. The molecular formula is C11H15FN2. The lowest BCUT2D eigenvalue weighted by Crippen LogP contribution is -2.22. The molecule has 1 rings (SSSR count). The lowest BCUT2D eigenvalue weighted by molar-refractivity contribution is 0.310. The Morgan fingerprint density at radius 1 is 1.43 bits per heavy atom. The number of pyridine rings is 1. The molecule has 0 atom stereocenters. The molecule has 0 aliphatic carbocycles. The molecule has 2 nitrogen and oxygen atoms in total.